The van der Waals surface area contributed by atoms with Gasteiger partial charge < -0.3 is 15.0 Å². The summed E-state index contributed by atoms with van der Waals surface area (Å²) in [6.07, 6.45) is 0. The normalized spacial score (nSPS) is 11.8. The Balaban J connectivity index is 1.71. The molecule has 42 heavy (non-hydrogen) atoms. The van der Waals surface area contributed by atoms with E-state index in [1.54, 1.807) is 67.6 Å². The standard InChI is InChI=1S/C32H32ClN3O5S/c1-23-13-19-29(20-14-23)42(39,40)36(26-15-17-28(18-16-26)41-27-10-5-4-6-11-27)22-31(37)35(24(2)32(38)34-3)21-25-9-7-8-12-30(25)33/h4-20,24H,21-22H2,1-3H3,(H,34,38). The van der Waals surface area contributed by atoms with Crippen LogP contribution < -0.4 is 14.4 Å². The minimum atomic E-state index is -4.19. The molecule has 1 unspecified atom stereocenters. The van der Waals surface area contributed by atoms with Crippen LogP contribution in [-0.2, 0) is 26.2 Å². The van der Waals surface area contributed by atoms with Crippen LogP contribution >= 0.6 is 11.6 Å². The molecule has 0 heterocycles. The number of anilines is 1. The van der Waals surface area contributed by atoms with Crippen LogP contribution in [0.4, 0.5) is 5.69 Å². The maximum Gasteiger partial charge on any atom is 0.264 e. The zero-order valence-corrected chi connectivity index (χ0v) is 25.1. The van der Waals surface area contributed by atoms with Crippen LogP contribution in [0.2, 0.25) is 5.02 Å². The summed E-state index contributed by atoms with van der Waals surface area (Å²) in [5, 5.41) is 2.99. The molecule has 0 aliphatic heterocycles. The molecule has 1 atom stereocenters. The third-order valence-electron chi connectivity index (χ3n) is 6.70. The van der Waals surface area contributed by atoms with Gasteiger partial charge in [-0.2, -0.15) is 0 Å². The van der Waals surface area contributed by atoms with Crippen molar-refractivity contribution < 1.29 is 22.7 Å². The van der Waals surface area contributed by atoms with E-state index in [4.69, 9.17) is 16.3 Å². The molecule has 4 aromatic carbocycles. The van der Waals surface area contributed by atoms with Gasteiger partial charge in [-0.05, 0) is 74.0 Å². The van der Waals surface area contributed by atoms with Crippen LogP contribution in [0.25, 0.3) is 0 Å². The lowest BCUT2D eigenvalue weighted by Gasteiger charge is -2.32. The lowest BCUT2D eigenvalue weighted by Crippen LogP contribution is -2.50. The van der Waals surface area contributed by atoms with Gasteiger partial charge in [0.25, 0.3) is 10.0 Å². The van der Waals surface area contributed by atoms with Gasteiger partial charge in [0.1, 0.15) is 24.1 Å². The van der Waals surface area contributed by atoms with Gasteiger partial charge in [-0.3, -0.25) is 13.9 Å². The minimum Gasteiger partial charge on any atom is -0.457 e. The molecule has 0 aliphatic carbocycles. The van der Waals surface area contributed by atoms with Crippen LogP contribution in [0.3, 0.4) is 0 Å². The monoisotopic (exact) mass is 605 g/mol. The lowest BCUT2D eigenvalue weighted by molar-refractivity contribution is -0.139. The Labute approximate surface area is 251 Å². The van der Waals surface area contributed by atoms with Gasteiger partial charge in [0.15, 0.2) is 0 Å². The Morgan fingerprint density at radius 2 is 1.45 bits per heavy atom. The van der Waals surface area contributed by atoms with Gasteiger partial charge in [0, 0.05) is 18.6 Å². The summed E-state index contributed by atoms with van der Waals surface area (Å²) in [5.41, 5.74) is 1.78. The summed E-state index contributed by atoms with van der Waals surface area (Å²) in [6, 6.07) is 28.1. The summed E-state index contributed by atoms with van der Waals surface area (Å²) in [6.45, 7) is 2.90. The molecule has 218 valence electrons. The first kappa shape index (κ1) is 30.6. The zero-order chi connectivity index (χ0) is 30.3. The number of hydrogen-bond acceptors (Lipinski definition) is 5. The molecule has 10 heteroatoms. The number of carbonyl (C=O) groups is 2. The maximum atomic E-state index is 14.0. The van der Waals surface area contributed by atoms with E-state index < -0.39 is 34.4 Å². The maximum absolute atomic E-state index is 14.0. The van der Waals surface area contributed by atoms with Crippen molar-refractivity contribution >= 4 is 39.1 Å². The summed E-state index contributed by atoms with van der Waals surface area (Å²) in [5.74, 6) is 0.151. The molecular formula is C32H32ClN3O5S. The highest BCUT2D eigenvalue weighted by molar-refractivity contribution is 7.92. The van der Waals surface area contributed by atoms with Gasteiger partial charge in [0.05, 0.1) is 10.6 Å². The number of rotatable bonds is 11. The smallest absolute Gasteiger partial charge is 0.264 e. The third-order valence-corrected chi connectivity index (χ3v) is 8.86. The first-order valence-corrected chi connectivity index (χ1v) is 15.1. The number of nitrogens with zero attached hydrogens (tertiary/aromatic N) is 2. The minimum absolute atomic E-state index is 0.00929. The largest absolute Gasteiger partial charge is 0.457 e. The molecule has 0 saturated carbocycles. The van der Waals surface area contributed by atoms with Crippen molar-refractivity contribution in [2.45, 2.75) is 31.3 Å². The topological polar surface area (TPSA) is 96.0 Å². The van der Waals surface area contributed by atoms with Crippen molar-refractivity contribution in [2.75, 3.05) is 17.9 Å². The number of likely N-dealkylation sites (N-methyl/N-ethyl adjacent to an activating group) is 1. The second kappa shape index (κ2) is 13.5. The first-order chi connectivity index (χ1) is 20.1. The van der Waals surface area contributed by atoms with Gasteiger partial charge in [-0.15, -0.1) is 0 Å². The van der Waals surface area contributed by atoms with Crippen molar-refractivity contribution in [1.29, 1.82) is 0 Å². The Morgan fingerprint density at radius 3 is 2.07 bits per heavy atom. The fourth-order valence-corrected chi connectivity index (χ4v) is 5.88. The van der Waals surface area contributed by atoms with Gasteiger partial charge in [0.2, 0.25) is 11.8 Å². The Hall–Kier alpha value is -4.34. The average Bonchev–Trinajstić information content (AvgIpc) is 2.99. The number of carbonyl (C=O) groups excluding carboxylic acids is 2. The van der Waals surface area contributed by atoms with E-state index in [1.165, 1.54) is 24.1 Å². The molecule has 8 nitrogen and oxygen atoms in total. The molecule has 0 fully saturated rings. The predicted octanol–water partition coefficient (Wildman–Crippen LogP) is 5.80. The van der Waals surface area contributed by atoms with E-state index >= 15 is 0 Å². The molecule has 4 aromatic rings. The quantitative estimate of drug-likeness (QED) is 0.233. The molecular weight excluding hydrogens is 574 g/mol. The van der Waals surface area contributed by atoms with Crippen LogP contribution in [-0.4, -0.2) is 44.8 Å². The Morgan fingerprint density at radius 1 is 0.857 bits per heavy atom. The highest BCUT2D eigenvalue weighted by Gasteiger charge is 2.32. The van der Waals surface area contributed by atoms with Crippen LogP contribution in [0, 0.1) is 6.92 Å². The number of hydrogen-bond donors (Lipinski definition) is 1. The second-order valence-corrected chi connectivity index (χ2v) is 11.9. The fourth-order valence-electron chi connectivity index (χ4n) is 4.27. The molecule has 4 rings (SSSR count). The van der Waals surface area contributed by atoms with Crippen LogP contribution in [0.1, 0.15) is 18.1 Å². The van der Waals surface area contributed by atoms with E-state index in [-0.39, 0.29) is 17.1 Å². The van der Waals surface area contributed by atoms with Gasteiger partial charge >= 0.3 is 0 Å². The molecule has 0 spiro atoms. The third kappa shape index (κ3) is 7.29. The molecule has 0 aliphatic rings. The van der Waals surface area contributed by atoms with E-state index in [0.29, 0.717) is 22.1 Å². The number of amides is 2. The Kier molecular flexibility index (Phi) is 9.88. The zero-order valence-electron chi connectivity index (χ0n) is 23.5. The number of nitrogens with one attached hydrogen (secondary N) is 1. The van der Waals surface area contributed by atoms with Gasteiger partial charge in [-0.25, -0.2) is 8.42 Å². The fraction of sp³-hybridized carbons (Fsp3) is 0.188. The molecule has 0 aromatic heterocycles. The van der Waals surface area contributed by atoms with Crippen LogP contribution in [0.5, 0.6) is 11.5 Å². The summed E-state index contributed by atoms with van der Waals surface area (Å²) < 4.78 is 34.9. The van der Waals surface area contributed by atoms with Crippen molar-refractivity contribution in [3.8, 4) is 11.5 Å². The number of aryl methyl sites for hydroxylation is 1. The number of sulfonamides is 1. The molecule has 0 radical (unpaired) electrons. The summed E-state index contributed by atoms with van der Waals surface area (Å²) >= 11 is 6.37. The summed E-state index contributed by atoms with van der Waals surface area (Å²) in [4.78, 5) is 27.9. The molecule has 2 amide bonds. The number of para-hydroxylation sites is 1. The van der Waals surface area contributed by atoms with E-state index in [9.17, 15) is 18.0 Å². The average molecular weight is 606 g/mol. The van der Waals surface area contributed by atoms with Crippen molar-refractivity contribution in [1.82, 2.24) is 10.2 Å². The second-order valence-electron chi connectivity index (χ2n) is 9.64. The highest BCUT2D eigenvalue weighted by atomic mass is 35.5. The van der Waals surface area contributed by atoms with E-state index in [0.717, 1.165) is 9.87 Å². The summed E-state index contributed by atoms with van der Waals surface area (Å²) in [7, 11) is -2.71. The van der Waals surface area contributed by atoms with Gasteiger partial charge in [-0.1, -0.05) is 65.7 Å². The molecule has 0 bridgehead atoms. The van der Waals surface area contributed by atoms with Crippen molar-refractivity contribution in [2.24, 2.45) is 0 Å². The highest BCUT2D eigenvalue weighted by Crippen LogP contribution is 2.29. The van der Waals surface area contributed by atoms with Crippen LogP contribution in [0.15, 0.2) is 108 Å². The number of ether oxygens (including phenoxy) is 1. The molecule has 0 saturated heterocycles. The van der Waals surface area contributed by atoms with E-state index in [2.05, 4.69) is 5.32 Å². The molecule has 1 N–H and O–H groups in total. The van der Waals surface area contributed by atoms with E-state index in [1.807, 2.05) is 37.3 Å². The number of halogens is 1. The predicted molar refractivity (Wildman–Crippen MR) is 164 cm³/mol. The Bertz CT molecular complexity index is 1630. The first-order valence-electron chi connectivity index (χ1n) is 13.3. The lowest BCUT2D eigenvalue weighted by atomic mass is 10.1. The number of benzene rings is 4. The van der Waals surface area contributed by atoms with Crippen molar-refractivity contribution in [3.05, 3.63) is 119 Å². The SMILES string of the molecule is CNC(=O)C(C)N(Cc1ccccc1Cl)C(=O)CN(c1ccc(Oc2ccccc2)cc1)S(=O)(=O)c1ccc(C)cc1. The van der Waals surface area contributed by atoms with Crippen molar-refractivity contribution in [3.63, 3.8) is 0 Å².